The maximum Gasteiger partial charge on any atom is 0.264 e. The number of hydrogen-bond acceptors (Lipinski definition) is 2. The van der Waals surface area contributed by atoms with Gasteiger partial charge in [-0.05, 0) is 18.6 Å². The molecule has 0 bridgehead atoms. The lowest BCUT2D eigenvalue weighted by Gasteiger charge is -2.06. The molecule has 0 saturated heterocycles. The van der Waals surface area contributed by atoms with E-state index in [1.54, 1.807) is 0 Å². The summed E-state index contributed by atoms with van der Waals surface area (Å²) in [5.74, 6) is 0. The van der Waals surface area contributed by atoms with Gasteiger partial charge >= 0.3 is 0 Å². The molecule has 0 fully saturated rings. The molecule has 0 unspecified atom stereocenters. The molecule has 0 aromatic carbocycles. The van der Waals surface area contributed by atoms with Crippen LogP contribution in [0.1, 0.15) is 28.0 Å². The summed E-state index contributed by atoms with van der Waals surface area (Å²) in [4.78, 5) is 14.0. The first-order valence-electron chi connectivity index (χ1n) is 3.46. The van der Waals surface area contributed by atoms with Crippen LogP contribution in [-0.2, 0) is 0 Å². The molecule has 1 aromatic heterocycles. The van der Waals surface area contributed by atoms with Crippen molar-refractivity contribution in [3.63, 3.8) is 0 Å². The van der Waals surface area contributed by atoms with E-state index in [0.717, 1.165) is 6.07 Å². The molecule has 0 atom stereocenters. The van der Waals surface area contributed by atoms with Crippen molar-refractivity contribution >= 4 is 17.9 Å². The van der Waals surface area contributed by atoms with Gasteiger partial charge in [-0.2, -0.15) is 0 Å². The molecule has 0 aliphatic heterocycles. The largest absolute Gasteiger partial charge is 0.296 e. The second kappa shape index (κ2) is 3.79. The Morgan fingerprint density at radius 3 is 2.69 bits per heavy atom. The Labute approximate surface area is 78.5 Å². The minimum absolute atomic E-state index is 0.0391. The van der Waals surface area contributed by atoms with Gasteiger partial charge in [-0.1, -0.05) is 11.6 Å². The Balaban J connectivity index is 3.35. The van der Waals surface area contributed by atoms with E-state index in [9.17, 15) is 13.6 Å². The van der Waals surface area contributed by atoms with Crippen LogP contribution in [0.25, 0.3) is 0 Å². The summed E-state index contributed by atoms with van der Waals surface area (Å²) in [7, 11) is 0. The van der Waals surface area contributed by atoms with Crippen molar-refractivity contribution in [1.29, 1.82) is 0 Å². The van der Waals surface area contributed by atoms with Gasteiger partial charge in [0.05, 0.1) is 0 Å². The Bertz CT molecular complexity index is 341. The van der Waals surface area contributed by atoms with Crippen LogP contribution in [0.5, 0.6) is 0 Å². The molecule has 0 aliphatic rings. The van der Waals surface area contributed by atoms with Gasteiger partial charge < -0.3 is 0 Å². The molecule has 0 radical (unpaired) electrons. The number of rotatable bonds is 2. The Kier molecular flexibility index (Phi) is 2.93. The zero-order chi connectivity index (χ0) is 10.0. The van der Waals surface area contributed by atoms with Crippen LogP contribution in [0.3, 0.4) is 0 Å². The highest BCUT2D eigenvalue weighted by molar-refractivity contribution is 6.29. The van der Waals surface area contributed by atoms with E-state index in [1.165, 1.54) is 6.92 Å². The normalized spacial score (nSPS) is 10.5. The highest BCUT2D eigenvalue weighted by Gasteiger charge is 2.15. The molecule has 0 amide bonds. The van der Waals surface area contributed by atoms with E-state index in [4.69, 9.17) is 11.6 Å². The molecular formula is C8H6ClF2NO. The van der Waals surface area contributed by atoms with E-state index >= 15 is 0 Å². The number of aldehydes is 1. The summed E-state index contributed by atoms with van der Waals surface area (Å²) in [6.45, 7) is 1.41. The topological polar surface area (TPSA) is 30.0 Å². The van der Waals surface area contributed by atoms with Crippen molar-refractivity contribution in [3.8, 4) is 0 Å². The van der Waals surface area contributed by atoms with E-state index < -0.39 is 6.43 Å². The van der Waals surface area contributed by atoms with Gasteiger partial charge in [-0.3, -0.25) is 4.79 Å². The first-order valence-corrected chi connectivity index (χ1v) is 3.84. The van der Waals surface area contributed by atoms with Gasteiger partial charge in [0.2, 0.25) is 0 Å². The Hall–Kier alpha value is -1.03. The third-order valence-corrected chi connectivity index (χ3v) is 1.86. The number of carbonyl (C=O) groups is 1. The molecule has 0 N–H and O–H groups in total. The second-order valence-corrected chi connectivity index (χ2v) is 2.85. The van der Waals surface area contributed by atoms with Crippen molar-refractivity contribution in [2.75, 3.05) is 0 Å². The molecule has 5 heteroatoms. The average Bonchev–Trinajstić information content (AvgIpc) is 2.08. The van der Waals surface area contributed by atoms with Crippen molar-refractivity contribution in [2.45, 2.75) is 13.3 Å². The summed E-state index contributed by atoms with van der Waals surface area (Å²) in [5.41, 5.74) is -0.112. The fourth-order valence-corrected chi connectivity index (χ4v) is 1.17. The zero-order valence-corrected chi connectivity index (χ0v) is 7.48. The quantitative estimate of drug-likeness (QED) is 0.549. The number of carbonyl (C=O) groups excluding carboxylic acids is 1. The van der Waals surface area contributed by atoms with E-state index in [2.05, 4.69) is 4.98 Å². The number of alkyl halides is 2. The minimum atomic E-state index is -2.64. The lowest BCUT2D eigenvalue weighted by atomic mass is 10.1. The first-order chi connectivity index (χ1) is 6.06. The molecular weight excluding hydrogens is 200 g/mol. The summed E-state index contributed by atoms with van der Waals surface area (Å²) in [6.07, 6.45) is -2.23. The molecule has 70 valence electrons. The van der Waals surface area contributed by atoms with Gasteiger partial charge in [0.25, 0.3) is 6.43 Å². The third-order valence-electron chi connectivity index (χ3n) is 1.67. The highest BCUT2D eigenvalue weighted by atomic mass is 35.5. The maximum absolute atomic E-state index is 12.3. The lowest BCUT2D eigenvalue weighted by Crippen LogP contribution is -1.99. The van der Waals surface area contributed by atoms with Crippen LogP contribution < -0.4 is 0 Å². The predicted molar refractivity (Wildman–Crippen MR) is 44.3 cm³/mol. The molecule has 0 aliphatic carbocycles. The van der Waals surface area contributed by atoms with E-state index in [0.29, 0.717) is 6.29 Å². The summed E-state index contributed by atoms with van der Waals surface area (Å²) < 4.78 is 24.6. The van der Waals surface area contributed by atoms with Gasteiger partial charge in [0.15, 0.2) is 6.29 Å². The minimum Gasteiger partial charge on any atom is -0.296 e. The monoisotopic (exact) mass is 205 g/mol. The fourth-order valence-electron chi connectivity index (χ4n) is 0.957. The Morgan fingerprint density at radius 1 is 1.62 bits per heavy atom. The SMILES string of the molecule is Cc1c(C(F)F)cc(Cl)nc1C=O. The van der Waals surface area contributed by atoms with Crippen LogP contribution in [-0.4, -0.2) is 11.3 Å². The predicted octanol–water partition coefficient (Wildman–Crippen LogP) is 2.79. The lowest BCUT2D eigenvalue weighted by molar-refractivity contribution is 0.111. The zero-order valence-electron chi connectivity index (χ0n) is 6.72. The number of halogens is 3. The van der Waals surface area contributed by atoms with Crippen molar-refractivity contribution in [1.82, 2.24) is 4.98 Å². The van der Waals surface area contributed by atoms with Crippen molar-refractivity contribution in [3.05, 3.63) is 28.0 Å². The number of nitrogens with zero attached hydrogens (tertiary/aromatic N) is 1. The maximum atomic E-state index is 12.3. The number of pyridine rings is 1. The molecule has 0 saturated carbocycles. The summed E-state index contributed by atoms with van der Waals surface area (Å²) in [6, 6.07) is 1.06. The van der Waals surface area contributed by atoms with E-state index in [-0.39, 0.29) is 22.0 Å². The molecule has 1 aromatic rings. The molecule has 1 rings (SSSR count). The van der Waals surface area contributed by atoms with Crippen molar-refractivity contribution in [2.24, 2.45) is 0 Å². The van der Waals surface area contributed by atoms with Crippen LogP contribution in [0.2, 0.25) is 5.15 Å². The van der Waals surface area contributed by atoms with Gasteiger partial charge in [-0.15, -0.1) is 0 Å². The fraction of sp³-hybridized carbons (Fsp3) is 0.250. The summed E-state index contributed by atoms with van der Waals surface area (Å²) >= 11 is 5.44. The summed E-state index contributed by atoms with van der Waals surface area (Å²) in [5, 5.41) is -0.0944. The molecule has 1 heterocycles. The van der Waals surface area contributed by atoms with Gasteiger partial charge in [-0.25, -0.2) is 13.8 Å². The number of hydrogen-bond donors (Lipinski definition) is 0. The highest BCUT2D eigenvalue weighted by Crippen LogP contribution is 2.25. The van der Waals surface area contributed by atoms with Crippen LogP contribution >= 0.6 is 11.6 Å². The third kappa shape index (κ3) is 2.01. The molecule has 0 spiro atoms. The van der Waals surface area contributed by atoms with Crippen molar-refractivity contribution < 1.29 is 13.6 Å². The van der Waals surface area contributed by atoms with Crippen LogP contribution in [0, 0.1) is 6.92 Å². The second-order valence-electron chi connectivity index (χ2n) is 2.46. The molecule has 13 heavy (non-hydrogen) atoms. The van der Waals surface area contributed by atoms with Gasteiger partial charge in [0.1, 0.15) is 10.8 Å². The Morgan fingerprint density at radius 2 is 2.23 bits per heavy atom. The number of aromatic nitrogens is 1. The van der Waals surface area contributed by atoms with Crippen LogP contribution in [0.4, 0.5) is 8.78 Å². The van der Waals surface area contributed by atoms with Gasteiger partial charge in [0, 0.05) is 5.56 Å². The standard InChI is InChI=1S/C8H6ClF2NO/c1-4-5(8(10)11)2-7(9)12-6(4)3-13/h2-3,8H,1H3. The molecule has 2 nitrogen and oxygen atoms in total. The van der Waals surface area contributed by atoms with Crippen LogP contribution in [0.15, 0.2) is 6.07 Å². The smallest absolute Gasteiger partial charge is 0.264 e. The average molecular weight is 206 g/mol. The first kappa shape index (κ1) is 10.1. The van der Waals surface area contributed by atoms with E-state index in [1.807, 2.05) is 0 Å².